The van der Waals surface area contributed by atoms with Gasteiger partial charge >= 0.3 is 0 Å². The van der Waals surface area contributed by atoms with Crippen LogP contribution in [0.3, 0.4) is 0 Å². The molecule has 0 amide bonds. The SMILES string of the molecule is CCC1CN(C(C)c2ccc3ncsc3n2)CCN1c1c(C#N)c(=O)n(C)n2cc(CC#N)nc12. The van der Waals surface area contributed by atoms with Crippen molar-refractivity contribution >= 4 is 33.0 Å². The van der Waals surface area contributed by atoms with E-state index in [-0.39, 0.29) is 29.6 Å². The van der Waals surface area contributed by atoms with Gasteiger partial charge in [0.1, 0.15) is 22.2 Å². The van der Waals surface area contributed by atoms with Gasteiger partial charge in [-0.25, -0.2) is 24.1 Å². The highest BCUT2D eigenvalue weighted by Gasteiger charge is 2.33. The van der Waals surface area contributed by atoms with E-state index in [1.807, 2.05) is 17.6 Å². The van der Waals surface area contributed by atoms with Crippen LogP contribution < -0.4 is 10.5 Å². The number of nitrogens with zero attached hydrogens (tertiary/aromatic N) is 9. The molecule has 1 aliphatic heterocycles. The van der Waals surface area contributed by atoms with Crippen LogP contribution >= 0.6 is 11.3 Å². The van der Waals surface area contributed by atoms with Crippen molar-refractivity contribution in [2.24, 2.45) is 7.05 Å². The lowest BCUT2D eigenvalue weighted by Crippen LogP contribution is -2.54. The Morgan fingerprint density at radius 1 is 1.26 bits per heavy atom. The highest BCUT2D eigenvalue weighted by molar-refractivity contribution is 7.16. The van der Waals surface area contributed by atoms with Crippen LogP contribution in [0.4, 0.5) is 5.69 Å². The highest BCUT2D eigenvalue weighted by Crippen LogP contribution is 2.32. The predicted molar refractivity (Wildman–Crippen MR) is 133 cm³/mol. The molecule has 1 aliphatic rings. The van der Waals surface area contributed by atoms with Gasteiger partial charge in [-0.05, 0) is 25.5 Å². The third-order valence-electron chi connectivity index (χ3n) is 6.86. The van der Waals surface area contributed by atoms with Gasteiger partial charge in [0, 0.05) is 38.8 Å². The molecule has 5 rings (SSSR count). The number of aromatic nitrogens is 5. The van der Waals surface area contributed by atoms with Gasteiger partial charge in [-0.3, -0.25) is 9.69 Å². The smallest absolute Gasteiger partial charge is 0.285 e. The molecular formula is C24H25N9OS. The molecule has 0 bridgehead atoms. The number of thiazole rings is 1. The predicted octanol–water partition coefficient (Wildman–Crippen LogP) is 2.64. The molecule has 4 aromatic heterocycles. The zero-order chi connectivity index (χ0) is 24.7. The number of aryl methyl sites for hydroxylation is 1. The number of nitriles is 2. The standard InChI is InChI=1S/C24H25N9OS/c1-4-17-13-31(15(2)19-5-6-20-23(29-19)35-14-27-20)9-10-32(17)21-18(11-26)24(34)30(3)33-12-16(7-8-25)28-22(21)33/h5-6,12,14-15,17H,4,7,9-10,13H2,1-3H3. The van der Waals surface area contributed by atoms with Crippen molar-refractivity contribution in [1.82, 2.24) is 29.0 Å². The van der Waals surface area contributed by atoms with Crippen molar-refractivity contribution < 1.29 is 0 Å². The molecule has 0 aliphatic carbocycles. The Balaban J connectivity index is 1.51. The van der Waals surface area contributed by atoms with Gasteiger partial charge in [0.05, 0.1) is 41.1 Å². The summed E-state index contributed by atoms with van der Waals surface area (Å²) >= 11 is 1.54. The summed E-state index contributed by atoms with van der Waals surface area (Å²) in [5.74, 6) is 0. The number of fused-ring (bicyclic) bond motifs is 2. The molecule has 2 unspecified atom stereocenters. The number of pyridine rings is 1. The first-order valence-electron chi connectivity index (χ1n) is 11.6. The fraction of sp³-hybridized carbons (Fsp3) is 0.417. The Kier molecular flexibility index (Phi) is 5.97. The lowest BCUT2D eigenvalue weighted by molar-refractivity contribution is 0.166. The quantitative estimate of drug-likeness (QED) is 0.421. The van der Waals surface area contributed by atoms with Gasteiger partial charge in [-0.1, -0.05) is 6.92 Å². The summed E-state index contributed by atoms with van der Waals surface area (Å²) in [6.45, 7) is 6.43. The maximum absolute atomic E-state index is 13.1. The Morgan fingerprint density at radius 3 is 2.83 bits per heavy atom. The zero-order valence-electron chi connectivity index (χ0n) is 19.8. The minimum Gasteiger partial charge on any atom is -0.362 e. The fourth-order valence-electron chi connectivity index (χ4n) is 4.88. The van der Waals surface area contributed by atoms with Gasteiger partial charge < -0.3 is 4.90 Å². The zero-order valence-corrected chi connectivity index (χ0v) is 20.7. The van der Waals surface area contributed by atoms with Crippen molar-refractivity contribution in [1.29, 1.82) is 10.5 Å². The average Bonchev–Trinajstić information content (AvgIpc) is 3.52. The first kappa shape index (κ1) is 23.0. The normalized spacial score (nSPS) is 17.5. The van der Waals surface area contributed by atoms with E-state index in [4.69, 9.17) is 10.2 Å². The second kappa shape index (κ2) is 9.10. The molecule has 35 heavy (non-hydrogen) atoms. The first-order chi connectivity index (χ1) is 17.0. The first-order valence-corrected chi connectivity index (χ1v) is 12.4. The second-order valence-electron chi connectivity index (χ2n) is 8.74. The second-order valence-corrected chi connectivity index (χ2v) is 9.57. The molecule has 5 heterocycles. The minimum atomic E-state index is -0.372. The van der Waals surface area contributed by atoms with Crippen LogP contribution in [0, 0.1) is 22.7 Å². The maximum Gasteiger partial charge on any atom is 0.285 e. The summed E-state index contributed by atoms with van der Waals surface area (Å²) in [5.41, 5.74) is 5.12. The molecule has 2 atom stereocenters. The molecule has 4 aromatic rings. The van der Waals surface area contributed by atoms with E-state index >= 15 is 0 Å². The van der Waals surface area contributed by atoms with Crippen molar-refractivity contribution in [2.75, 3.05) is 24.5 Å². The third kappa shape index (κ3) is 3.83. The number of imidazole rings is 1. The molecule has 178 valence electrons. The van der Waals surface area contributed by atoms with Crippen molar-refractivity contribution in [3.63, 3.8) is 0 Å². The Bertz CT molecular complexity index is 1550. The largest absolute Gasteiger partial charge is 0.362 e. The molecular weight excluding hydrogens is 462 g/mol. The van der Waals surface area contributed by atoms with Crippen molar-refractivity contribution in [3.05, 3.63) is 51.1 Å². The van der Waals surface area contributed by atoms with E-state index in [2.05, 4.69) is 45.8 Å². The molecule has 1 saturated heterocycles. The van der Waals surface area contributed by atoms with Gasteiger partial charge in [0.25, 0.3) is 5.56 Å². The third-order valence-corrected chi connectivity index (χ3v) is 7.59. The molecule has 1 fully saturated rings. The lowest BCUT2D eigenvalue weighted by atomic mass is 10.0. The summed E-state index contributed by atoms with van der Waals surface area (Å²) in [4.78, 5) is 32.3. The Morgan fingerprint density at radius 2 is 2.09 bits per heavy atom. The van der Waals surface area contributed by atoms with Crippen LogP contribution in [-0.4, -0.2) is 54.7 Å². The Hall–Kier alpha value is -3.80. The monoisotopic (exact) mass is 487 g/mol. The number of piperazine rings is 1. The van der Waals surface area contributed by atoms with Gasteiger partial charge in [0.15, 0.2) is 5.65 Å². The molecule has 11 heteroatoms. The minimum absolute atomic E-state index is 0.0810. The number of anilines is 1. The molecule has 0 saturated carbocycles. The topological polar surface area (TPSA) is 119 Å². The van der Waals surface area contributed by atoms with E-state index in [0.717, 1.165) is 35.6 Å². The van der Waals surface area contributed by atoms with Crippen LogP contribution in [0.15, 0.2) is 28.6 Å². The van der Waals surface area contributed by atoms with Gasteiger partial charge in [-0.15, -0.1) is 11.3 Å². The number of hydrogen-bond donors (Lipinski definition) is 0. The maximum atomic E-state index is 13.1. The molecule has 0 N–H and O–H groups in total. The summed E-state index contributed by atoms with van der Waals surface area (Å²) in [6, 6.07) is 8.50. The van der Waals surface area contributed by atoms with Gasteiger partial charge in [0.2, 0.25) is 0 Å². The van der Waals surface area contributed by atoms with E-state index in [9.17, 15) is 10.1 Å². The Labute approximate surface area is 206 Å². The summed E-state index contributed by atoms with van der Waals surface area (Å²) in [7, 11) is 1.61. The van der Waals surface area contributed by atoms with Crippen LogP contribution in [0.1, 0.15) is 43.3 Å². The molecule has 10 nitrogen and oxygen atoms in total. The van der Waals surface area contributed by atoms with Crippen LogP contribution in [0.25, 0.3) is 16.0 Å². The number of hydrogen-bond acceptors (Lipinski definition) is 9. The van der Waals surface area contributed by atoms with E-state index in [0.29, 0.717) is 23.6 Å². The average molecular weight is 488 g/mol. The van der Waals surface area contributed by atoms with E-state index < -0.39 is 0 Å². The van der Waals surface area contributed by atoms with Crippen LogP contribution in [0.5, 0.6) is 0 Å². The fourth-order valence-corrected chi connectivity index (χ4v) is 5.55. The van der Waals surface area contributed by atoms with Crippen LogP contribution in [-0.2, 0) is 13.5 Å². The summed E-state index contributed by atoms with van der Waals surface area (Å²) in [5, 5.41) is 19.1. The highest BCUT2D eigenvalue weighted by atomic mass is 32.1. The van der Waals surface area contributed by atoms with Crippen LogP contribution in [0.2, 0.25) is 0 Å². The summed E-state index contributed by atoms with van der Waals surface area (Å²) < 4.78 is 3.03. The lowest BCUT2D eigenvalue weighted by Gasteiger charge is -2.44. The van der Waals surface area contributed by atoms with Gasteiger partial charge in [-0.2, -0.15) is 10.5 Å². The summed E-state index contributed by atoms with van der Waals surface area (Å²) in [6.07, 6.45) is 2.67. The molecule has 0 spiro atoms. The van der Waals surface area contributed by atoms with E-state index in [1.54, 1.807) is 29.1 Å². The molecule has 0 aromatic carbocycles. The van der Waals surface area contributed by atoms with Crippen molar-refractivity contribution in [3.8, 4) is 12.1 Å². The van der Waals surface area contributed by atoms with Crippen molar-refractivity contribution in [2.45, 2.75) is 38.8 Å². The molecule has 0 radical (unpaired) electrons. The number of rotatable bonds is 5. The van der Waals surface area contributed by atoms with E-state index in [1.165, 1.54) is 4.68 Å².